The first-order chi connectivity index (χ1) is 13.7. The van der Waals surface area contributed by atoms with Crippen molar-refractivity contribution in [3.8, 4) is 11.5 Å². The summed E-state index contributed by atoms with van der Waals surface area (Å²) in [5.41, 5.74) is 2.48. The molecule has 1 atom stereocenters. The fourth-order valence-corrected chi connectivity index (χ4v) is 3.91. The van der Waals surface area contributed by atoms with Crippen molar-refractivity contribution in [2.24, 2.45) is 0 Å². The largest absolute Gasteiger partial charge is 0.497 e. The van der Waals surface area contributed by atoms with Crippen LogP contribution in [0.1, 0.15) is 24.5 Å². The van der Waals surface area contributed by atoms with Gasteiger partial charge in [-0.1, -0.05) is 30.3 Å². The van der Waals surface area contributed by atoms with Crippen molar-refractivity contribution in [3.63, 3.8) is 0 Å². The van der Waals surface area contributed by atoms with Crippen LogP contribution in [0, 0.1) is 0 Å². The smallest absolute Gasteiger partial charge is 0.123 e. The first-order valence-corrected chi connectivity index (χ1v) is 10.1. The van der Waals surface area contributed by atoms with Crippen LogP contribution in [0.15, 0.2) is 48.5 Å². The highest BCUT2D eigenvalue weighted by atomic mass is 16.5. The molecule has 0 spiro atoms. The molecule has 3 rings (SSSR count). The van der Waals surface area contributed by atoms with Gasteiger partial charge in [-0.3, -0.25) is 9.80 Å². The summed E-state index contributed by atoms with van der Waals surface area (Å²) in [6.07, 6.45) is 0.785. The van der Waals surface area contributed by atoms with Gasteiger partial charge in [0.05, 0.1) is 13.7 Å². The van der Waals surface area contributed by atoms with E-state index in [1.807, 2.05) is 31.2 Å². The third-order valence-electron chi connectivity index (χ3n) is 5.34. The van der Waals surface area contributed by atoms with Crippen molar-refractivity contribution >= 4 is 0 Å². The average molecular weight is 385 g/mol. The fourth-order valence-electron chi connectivity index (χ4n) is 3.91. The predicted octanol–water partition coefficient (Wildman–Crippen LogP) is 3.16. The molecule has 1 aliphatic heterocycles. The summed E-state index contributed by atoms with van der Waals surface area (Å²) < 4.78 is 11.1. The predicted molar refractivity (Wildman–Crippen MR) is 112 cm³/mol. The SMILES string of the molecule is CCOc1ccccc1CN1CCN(Cc2cccc(OC)c2)[C@H](CCO)C1. The zero-order valence-electron chi connectivity index (χ0n) is 17.0. The Morgan fingerprint density at radius 1 is 1.07 bits per heavy atom. The molecule has 1 N–H and O–H groups in total. The van der Waals surface area contributed by atoms with Gasteiger partial charge in [-0.2, -0.15) is 0 Å². The molecule has 5 heteroatoms. The molecule has 0 radical (unpaired) electrons. The van der Waals surface area contributed by atoms with Gasteiger partial charge < -0.3 is 14.6 Å². The van der Waals surface area contributed by atoms with Crippen LogP contribution in [0.2, 0.25) is 0 Å². The molecule has 2 aromatic carbocycles. The molecule has 0 aliphatic carbocycles. The van der Waals surface area contributed by atoms with E-state index in [1.54, 1.807) is 7.11 Å². The number of rotatable bonds is 9. The maximum Gasteiger partial charge on any atom is 0.123 e. The van der Waals surface area contributed by atoms with Gasteiger partial charge in [0.1, 0.15) is 11.5 Å². The van der Waals surface area contributed by atoms with Crippen molar-refractivity contribution in [1.82, 2.24) is 9.80 Å². The first kappa shape index (κ1) is 20.6. The Bertz CT molecular complexity index is 737. The number of aliphatic hydroxyl groups is 1. The number of hydrogen-bond donors (Lipinski definition) is 1. The van der Waals surface area contributed by atoms with Crippen LogP contribution in [-0.2, 0) is 13.1 Å². The summed E-state index contributed by atoms with van der Waals surface area (Å²) in [4.78, 5) is 4.95. The van der Waals surface area contributed by atoms with Crippen LogP contribution < -0.4 is 9.47 Å². The molecule has 1 aliphatic rings. The summed E-state index contributed by atoms with van der Waals surface area (Å²) in [6, 6.07) is 16.9. The summed E-state index contributed by atoms with van der Waals surface area (Å²) in [7, 11) is 1.70. The minimum absolute atomic E-state index is 0.211. The Morgan fingerprint density at radius 3 is 2.71 bits per heavy atom. The number of hydrogen-bond acceptors (Lipinski definition) is 5. The molecule has 152 valence electrons. The van der Waals surface area contributed by atoms with Crippen molar-refractivity contribution < 1.29 is 14.6 Å². The lowest BCUT2D eigenvalue weighted by molar-refractivity contribution is 0.0495. The molecule has 1 heterocycles. The normalized spacial score (nSPS) is 18.2. The summed E-state index contributed by atoms with van der Waals surface area (Å²) in [5.74, 6) is 1.87. The molecule has 0 bridgehead atoms. The van der Waals surface area contributed by atoms with Crippen LogP contribution in [0.5, 0.6) is 11.5 Å². The van der Waals surface area contributed by atoms with E-state index in [2.05, 4.69) is 34.1 Å². The van der Waals surface area contributed by atoms with Crippen LogP contribution in [-0.4, -0.2) is 60.9 Å². The van der Waals surface area contributed by atoms with Gasteiger partial charge in [0.2, 0.25) is 0 Å². The molecule has 0 unspecified atom stereocenters. The molecule has 0 saturated carbocycles. The molecular formula is C23H32N2O3. The molecule has 28 heavy (non-hydrogen) atoms. The fraction of sp³-hybridized carbons (Fsp3) is 0.478. The standard InChI is InChI=1S/C23H32N2O3/c1-3-28-23-10-5-4-8-20(23)17-24-12-13-25(21(18-24)11-14-26)16-19-7-6-9-22(15-19)27-2/h4-10,15,21,26H,3,11-14,16-18H2,1-2H3/t21-/m1/s1. The van der Waals surface area contributed by atoms with E-state index in [4.69, 9.17) is 9.47 Å². The van der Waals surface area contributed by atoms with Crippen molar-refractivity contribution in [2.75, 3.05) is 40.0 Å². The number of benzene rings is 2. The third-order valence-corrected chi connectivity index (χ3v) is 5.34. The van der Waals surface area contributed by atoms with Crippen LogP contribution in [0.25, 0.3) is 0 Å². The maximum atomic E-state index is 9.59. The Kier molecular flexibility index (Phi) is 7.71. The molecule has 1 fully saturated rings. The van der Waals surface area contributed by atoms with Gasteiger partial charge in [-0.05, 0) is 37.1 Å². The van der Waals surface area contributed by atoms with E-state index in [0.29, 0.717) is 12.6 Å². The second-order valence-corrected chi connectivity index (χ2v) is 7.26. The zero-order valence-corrected chi connectivity index (χ0v) is 17.0. The summed E-state index contributed by atoms with van der Waals surface area (Å²) in [6.45, 7) is 7.61. The third kappa shape index (κ3) is 5.47. The lowest BCUT2D eigenvalue weighted by atomic mass is 10.1. The lowest BCUT2D eigenvalue weighted by Crippen LogP contribution is -2.52. The Balaban J connectivity index is 1.65. The van der Waals surface area contributed by atoms with E-state index < -0.39 is 0 Å². The minimum Gasteiger partial charge on any atom is -0.497 e. The average Bonchev–Trinajstić information content (AvgIpc) is 2.72. The summed E-state index contributed by atoms with van der Waals surface area (Å²) >= 11 is 0. The van der Waals surface area contributed by atoms with Crippen LogP contribution >= 0.6 is 0 Å². The van der Waals surface area contributed by atoms with Crippen LogP contribution in [0.4, 0.5) is 0 Å². The lowest BCUT2D eigenvalue weighted by Gasteiger charge is -2.41. The first-order valence-electron chi connectivity index (χ1n) is 10.1. The quantitative estimate of drug-likeness (QED) is 0.720. The Morgan fingerprint density at radius 2 is 1.93 bits per heavy atom. The van der Waals surface area contributed by atoms with E-state index >= 15 is 0 Å². The van der Waals surface area contributed by atoms with Crippen molar-refractivity contribution in [1.29, 1.82) is 0 Å². The highest BCUT2D eigenvalue weighted by Crippen LogP contribution is 2.24. The number of ether oxygens (including phenoxy) is 2. The van der Waals surface area contributed by atoms with Gasteiger partial charge in [0, 0.05) is 50.9 Å². The molecule has 0 amide bonds. The molecule has 1 saturated heterocycles. The molecular weight excluding hydrogens is 352 g/mol. The van der Waals surface area contributed by atoms with E-state index in [0.717, 1.165) is 50.6 Å². The van der Waals surface area contributed by atoms with Gasteiger partial charge in [-0.15, -0.1) is 0 Å². The van der Waals surface area contributed by atoms with Gasteiger partial charge in [-0.25, -0.2) is 0 Å². The monoisotopic (exact) mass is 384 g/mol. The highest BCUT2D eigenvalue weighted by molar-refractivity contribution is 5.33. The van der Waals surface area contributed by atoms with E-state index in [-0.39, 0.29) is 6.61 Å². The summed E-state index contributed by atoms with van der Waals surface area (Å²) in [5, 5.41) is 9.59. The second kappa shape index (κ2) is 10.5. The molecule has 5 nitrogen and oxygen atoms in total. The van der Waals surface area contributed by atoms with Gasteiger partial charge in [0.15, 0.2) is 0 Å². The topological polar surface area (TPSA) is 45.2 Å². The second-order valence-electron chi connectivity index (χ2n) is 7.26. The zero-order chi connectivity index (χ0) is 19.8. The van der Waals surface area contributed by atoms with Gasteiger partial charge in [0.25, 0.3) is 0 Å². The Labute approximate surface area is 168 Å². The minimum atomic E-state index is 0.211. The van der Waals surface area contributed by atoms with E-state index in [1.165, 1.54) is 11.1 Å². The van der Waals surface area contributed by atoms with Crippen molar-refractivity contribution in [2.45, 2.75) is 32.5 Å². The highest BCUT2D eigenvalue weighted by Gasteiger charge is 2.27. The van der Waals surface area contributed by atoms with Gasteiger partial charge >= 0.3 is 0 Å². The van der Waals surface area contributed by atoms with Crippen molar-refractivity contribution in [3.05, 3.63) is 59.7 Å². The number of nitrogens with zero attached hydrogens (tertiary/aromatic N) is 2. The maximum absolute atomic E-state index is 9.59. The molecule has 0 aromatic heterocycles. The number of para-hydroxylation sites is 1. The van der Waals surface area contributed by atoms with Crippen LogP contribution in [0.3, 0.4) is 0 Å². The molecule has 2 aromatic rings. The number of piperazine rings is 1. The number of aliphatic hydroxyl groups excluding tert-OH is 1. The number of methoxy groups -OCH3 is 1. The Hall–Kier alpha value is -2.08. The van der Waals surface area contributed by atoms with E-state index in [9.17, 15) is 5.11 Å².